The molecule has 7 heteroatoms. The van der Waals surface area contributed by atoms with Crippen LogP contribution in [0.15, 0.2) is 24.3 Å². The largest absolute Gasteiger partial charge is 0.497 e. The first kappa shape index (κ1) is 12.0. The van der Waals surface area contributed by atoms with E-state index in [1.807, 2.05) is 24.3 Å². The highest BCUT2D eigenvalue weighted by atomic mass is 16.5. The number of aromatic nitrogens is 4. The average Bonchev–Trinajstić information content (AvgIpc) is 2.90. The van der Waals surface area contributed by atoms with E-state index in [9.17, 15) is 4.79 Å². The van der Waals surface area contributed by atoms with Crippen molar-refractivity contribution < 1.29 is 9.53 Å². The van der Waals surface area contributed by atoms with Crippen LogP contribution in [0.5, 0.6) is 5.75 Å². The number of nitrogens with zero attached hydrogens (tertiary/aromatic N) is 3. The highest BCUT2D eigenvalue weighted by Crippen LogP contribution is 2.11. The summed E-state index contributed by atoms with van der Waals surface area (Å²) in [5, 5.41) is 15.9. The Morgan fingerprint density at radius 1 is 1.39 bits per heavy atom. The zero-order chi connectivity index (χ0) is 12.8. The van der Waals surface area contributed by atoms with Gasteiger partial charge in [0.15, 0.2) is 5.82 Å². The highest BCUT2D eigenvalue weighted by molar-refractivity contribution is 5.78. The van der Waals surface area contributed by atoms with Crippen LogP contribution < -0.4 is 10.1 Å². The third kappa shape index (κ3) is 3.27. The van der Waals surface area contributed by atoms with Gasteiger partial charge in [-0.25, -0.2) is 0 Å². The van der Waals surface area contributed by atoms with Gasteiger partial charge in [-0.05, 0) is 17.7 Å². The molecule has 0 saturated carbocycles. The quantitative estimate of drug-likeness (QED) is 0.779. The summed E-state index contributed by atoms with van der Waals surface area (Å²) >= 11 is 0. The lowest BCUT2D eigenvalue weighted by molar-refractivity contribution is -0.120. The predicted molar refractivity (Wildman–Crippen MR) is 62.7 cm³/mol. The van der Waals surface area contributed by atoms with E-state index in [0.717, 1.165) is 11.3 Å². The number of ether oxygens (including phenoxy) is 1. The van der Waals surface area contributed by atoms with Crippen LogP contribution in [0.25, 0.3) is 0 Å². The fraction of sp³-hybridized carbons (Fsp3) is 0.273. The zero-order valence-electron chi connectivity index (χ0n) is 9.88. The zero-order valence-corrected chi connectivity index (χ0v) is 9.88. The molecule has 0 unspecified atom stereocenters. The molecule has 0 aliphatic carbocycles. The van der Waals surface area contributed by atoms with Gasteiger partial charge < -0.3 is 10.1 Å². The molecule has 2 N–H and O–H groups in total. The number of benzene rings is 1. The normalized spacial score (nSPS) is 10.1. The number of carbonyl (C=O) groups excluding carboxylic acids is 1. The van der Waals surface area contributed by atoms with Crippen molar-refractivity contribution in [2.75, 3.05) is 7.11 Å². The lowest BCUT2D eigenvalue weighted by Gasteiger charge is -2.04. The second-order valence-electron chi connectivity index (χ2n) is 3.63. The van der Waals surface area contributed by atoms with Gasteiger partial charge in [-0.15, -0.1) is 10.2 Å². The first-order valence-electron chi connectivity index (χ1n) is 5.40. The minimum Gasteiger partial charge on any atom is -0.497 e. The Hall–Kier alpha value is -2.44. The Kier molecular flexibility index (Phi) is 3.85. The van der Waals surface area contributed by atoms with Crippen LogP contribution in [0.3, 0.4) is 0 Å². The number of hydrogen-bond acceptors (Lipinski definition) is 5. The smallest absolute Gasteiger partial charge is 0.224 e. The number of rotatable bonds is 5. The van der Waals surface area contributed by atoms with Gasteiger partial charge in [0.05, 0.1) is 20.1 Å². The highest BCUT2D eigenvalue weighted by Gasteiger charge is 2.05. The van der Waals surface area contributed by atoms with E-state index in [1.54, 1.807) is 7.11 Å². The summed E-state index contributed by atoms with van der Waals surface area (Å²) in [4.78, 5) is 11.6. The Morgan fingerprint density at radius 3 is 2.78 bits per heavy atom. The summed E-state index contributed by atoms with van der Waals surface area (Å²) in [6.45, 7) is 0.269. The van der Waals surface area contributed by atoms with Crippen LogP contribution >= 0.6 is 0 Å². The van der Waals surface area contributed by atoms with E-state index in [0.29, 0.717) is 12.2 Å². The van der Waals surface area contributed by atoms with Crippen LogP contribution in [0.4, 0.5) is 0 Å². The number of amides is 1. The van der Waals surface area contributed by atoms with Crippen molar-refractivity contribution in [1.82, 2.24) is 25.9 Å². The Bertz CT molecular complexity index is 495. The molecule has 94 valence electrons. The van der Waals surface area contributed by atoms with Crippen molar-refractivity contribution in [3.05, 3.63) is 35.7 Å². The second-order valence-corrected chi connectivity index (χ2v) is 3.63. The molecule has 0 atom stereocenters. The fourth-order valence-electron chi connectivity index (χ4n) is 1.43. The fourth-order valence-corrected chi connectivity index (χ4v) is 1.43. The van der Waals surface area contributed by atoms with Crippen LogP contribution in [-0.4, -0.2) is 33.6 Å². The summed E-state index contributed by atoms with van der Waals surface area (Å²) < 4.78 is 5.04. The van der Waals surface area contributed by atoms with E-state index < -0.39 is 0 Å². The predicted octanol–water partition coefficient (Wildman–Crippen LogP) is 0.0672. The molecule has 7 nitrogen and oxygen atoms in total. The van der Waals surface area contributed by atoms with Crippen molar-refractivity contribution in [1.29, 1.82) is 0 Å². The van der Waals surface area contributed by atoms with Crippen molar-refractivity contribution in [2.45, 2.75) is 13.0 Å². The van der Waals surface area contributed by atoms with Crippen LogP contribution in [0.2, 0.25) is 0 Å². The SMILES string of the molecule is COc1ccc(CC(=O)NCc2nn[nH]n2)cc1. The van der Waals surface area contributed by atoms with Crippen LogP contribution in [-0.2, 0) is 17.8 Å². The molecule has 18 heavy (non-hydrogen) atoms. The molecule has 0 spiro atoms. The Balaban J connectivity index is 1.83. The minimum absolute atomic E-state index is 0.0926. The number of nitrogens with one attached hydrogen (secondary N) is 2. The summed E-state index contributed by atoms with van der Waals surface area (Å²) in [5.74, 6) is 1.13. The number of methoxy groups -OCH3 is 1. The van der Waals surface area contributed by atoms with Crippen LogP contribution in [0.1, 0.15) is 11.4 Å². The molecule has 1 amide bonds. The summed E-state index contributed by atoms with van der Waals surface area (Å²) in [6.07, 6.45) is 0.307. The third-order valence-electron chi connectivity index (χ3n) is 2.36. The average molecular weight is 247 g/mol. The standard InChI is InChI=1S/C11H13N5O2/c1-18-9-4-2-8(3-5-9)6-11(17)12-7-10-13-15-16-14-10/h2-5H,6-7H2,1H3,(H,12,17)(H,13,14,15,16). The Labute approximate surface area is 104 Å². The molecule has 1 aromatic carbocycles. The molecule has 0 bridgehead atoms. The summed E-state index contributed by atoms with van der Waals surface area (Å²) in [5.41, 5.74) is 0.918. The van der Waals surface area contributed by atoms with Gasteiger partial charge >= 0.3 is 0 Å². The molecule has 0 aliphatic rings. The molecule has 1 heterocycles. The van der Waals surface area contributed by atoms with Gasteiger partial charge in [-0.1, -0.05) is 17.3 Å². The van der Waals surface area contributed by atoms with E-state index in [-0.39, 0.29) is 12.5 Å². The van der Waals surface area contributed by atoms with Crippen molar-refractivity contribution in [3.63, 3.8) is 0 Å². The van der Waals surface area contributed by atoms with Crippen molar-refractivity contribution >= 4 is 5.91 Å². The lowest BCUT2D eigenvalue weighted by Crippen LogP contribution is -2.25. The van der Waals surface area contributed by atoms with Gasteiger partial charge in [0.2, 0.25) is 5.91 Å². The number of aromatic amines is 1. The first-order chi connectivity index (χ1) is 8.78. The molecule has 0 radical (unpaired) electrons. The maximum absolute atomic E-state index is 11.6. The number of H-pyrrole nitrogens is 1. The Morgan fingerprint density at radius 2 is 2.17 bits per heavy atom. The van der Waals surface area contributed by atoms with Crippen molar-refractivity contribution in [2.24, 2.45) is 0 Å². The molecule has 1 aromatic heterocycles. The molecule has 0 saturated heterocycles. The number of tetrazole rings is 1. The molecule has 2 aromatic rings. The van der Waals surface area contributed by atoms with Gasteiger partial charge in [-0.2, -0.15) is 5.21 Å². The third-order valence-corrected chi connectivity index (χ3v) is 2.36. The van der Waals surface area contributed by atoms with Crippen molar-refractivity contribution in [3.8, 4) is 5.75 Å². The molecular formula is C11H13N5O2. The molecule has 2 rings (SSSR count). The van der Waals surface area contributed by atoms with E-state index in [4.69, 9.17) is 4.74 Å². The molecular weight excluding hydrogens is 234 g/mol. The minimum atomic E-state index is -0.0926. The second kappa shape index (κ2) is 5.76. The van der Waals surface area contributed by atoms with E-state index in [2.05, 4.69) is 25.9 Å². The van der Waals surface area contributed by atoms with Gasteiger partial charge in [-0.3, -0.25) is 4.79 Å². The topological polar surface area (TPSA) is 92.8 Å². The summed E-state index contributed by atoms with van der Waals surface area (Å²) in [6, 6.07) is 7.35. The van der Waals surface area contributed by atoms with Crippen LogP contribution in [0, 0.1) is 0 Å². The summed E-state index contributed by atoms with van der Waals surface area (Å²) in [7, 11) is 1.60. The maximum Gasteiger partial charge on any atom is 0.224 e. The monoisotopic (exact) mass is 247 g/mol. The molecule has 0 aliphatic heterocycles. The van der Waals surface area contributed by atoms with Gasteiger partial charge in [0.1, 0.15) is 5.75 Å². The lowest BCUT2D eigenvalue weighted by atomic mass is 10.1. The van der Waals surface area contributed by atoms with Gasteiger partial charge in [0, 0.05) is 0 Å². The van der Waals surface area contributed by atoms with Gasteiger partial charge in [0.25, 0.3) is 0 Å². The number of carbonyl (C=O) groups is 1. The van der Waals surface area contributed by atoms with E-state index in [1.165, 1.54) is 0 Å². The first-order valence-corrected chi connectivity index (χ1v) is 5.40. The van der Waals surface area contributed by atoms with E-state index >= 15 is 0 Å². The molecule has 0 fully saturated rings. The maximum atomic E-state index is 11.6. The number of hydrogen-bond donors (Lipinski definition) is 2.